The molecule has 0 unspecified atom stereocenters. The quantitative estimate of drug-likeness (QED) is 0.0247. The lowest BCUT2D eigenvalue weighted by molar-refractivity contribution is 0.0697. The van der Waals surface area contributed by atoms with Gasteiger partial charge in [0.1, 0.15) is 65.0 Å². The minimum atomic E-state index is -4.71. The number of aliphatic hydroxyl groups is 2. The molecule has 6 rings (SSSR count). The zero-order valence-corrected chi connectivity index (χ0v) is 40.5. The summed E-state index contributed by atoms with van der Waals surface area (Å²) in [6.45, 7) is 1.75. The number of nitriles is 1. The monoisotopic (exact) mass is 1060 g/mol. The Labute approximate surface area is 415 Å². The van der Waals surface area contributed by atoms with Crippen molar-refractivity contribution in [2.45, 2.75) is 28.5 Å². The third-order valence-corrected chi connectivity index (χ3v) is 12.5. The summed E-state index contributed by atoms with van der Waals surface area (Å²) in [6.07, 6.45) is 0. The maximum absolute atomic E-state index is 11.9. The van der Waals surface area contributed by atoms with Crippen LogP contribution in [0.25, 0.3) is 0 Å². The second-order valence-electron chi connectivity index (χ2n) is 14.8. The van der Waals surface area contributed by atoms with Crippen molar-refractivity contribution in [1.82, 2.24) is 4.98 Å². The molecule has 0 atom stereocenters. The number of aliphatic hydroxyl groups excluding tert-OH is 2. The molecule has 0 aliphatic heterocycles. The smallest absolute Gasteiger partial charge is 0.338 e. The summed E-state index contributed by atoms with van der Waals surface area (Å²) in [7, 11) is -12.5. The van der Waals surface area contributed by atoms with Crippen molar-refractivity contribution in [1.29, 1.82) is 5.26 Å². The van der Waals surface area contributed by atoms with Gasteiger partial charge < -0.3 is 40.2 Å². The van der Waals surface area contributed by atoms with Gasteiger partial charge in [0.05, 0.1) is 51.8 Å². The van der Waals surface area contributed by atoms with Crippen LogP contribution in [0.5, 0.6) is 17.2 Å². The Morgan fingerprint density at radius 3 is 1.51 bits per heavy atom. The molecule has 1 heterocycles. The second-order valence-corrected chi connectivity index (χ2v) is 19.1. The first-order chi connectivity index (χ1) is 34.5. The molecule has 0 saturated heterocycles. The zero-order valence-electron chi connectivity index (χ0n) is 38.1. The van der Waals surface area contributed by atoms with E-state index in [2.05, 4.69) is 52.4 Å². The van der Waals surface area contributed by atoms with Crippen LogP contribution in [0.3, 0.4) is 0 Å². The first-order valence-electron chi connectivity index (χ1n) is 20.6. The highest BCUT2D eigenvalue weighted by molar-refractivity contribution is 7.86. The number of nitrogens with zero attached hydrogens (tertiary/aromatic N) is 8. The summed E-state index contributed by atoms with van der Waals surface area (Å²) in [5.74, 6) is -1.57. The molecule has 0 aliphatic carbocycles. The lowest BCUT2D eigenvalue weighted by atomic mass is 10.1. The molecule has 0 aliphatic rings. The largest absolute Gasteiger partial charge is 0.494 e. The van der Waals surface area contributed by atoms with E-state index < -0.39 is 69.8 Å². The fourth-order valence-corrected chi connectivity index (χ4v) is 7.79. The van der Waals surface area contributed by atoms with Crippen molar-refractivity contribution in [2.24, 2.45) is 30.7 Å². The van der Waals surface area contributed by atoms with Gasteiger partial charge in [-0.2, -0.15) is 35.6 Å². The number of aryl methyl sites for hydroxylation is 1. The molecule has 0 radical (unpaired) electrons. The first kappa shape index (κ1) is 54.0. The van der Waals surface area contributed by atoms with Gasteiger partial charge in [-0.1, -0.05) is 0 Å². The lowest BCUT2D eigenvalue weighted by Gasteiger charge is -2.16. The molecule has 8 N–H and O–H groups in total. The summed E-state index contributed by atoms with van der Waals surface area (Å²) in [5, 5.41) is 71.0. The number of carboxylic acid groups (broad SMARTS) is 1. The number of carbonyl (C=O) groups is 1. The van der Waals surface area contributed by atoms with E-state index in [1.165, 1.54) is 62.6 Å². The third kappa shape index (κ3) is 13.5. The normalized spacial score (nSPS) is 12.0. The Morgan fingerprint density at radius 1 is 0.603 bits per heavy atom. The molecule has 0 amide bonds. The predicted octanol–water partition coefficient (Wildman–Crippen LogP) is 8.49. The Bertz CT molecular complexity index is 3570. The Balaban J connectivity index is 1.41. The second kappa shape index (κ2) is 22.8. The lowest BCUT2D eigenvalue weighted by Crippen LogP contribution is -2.05. The highest BCUT2D eigenvalue weighted by Crippen LogP contribution is 2.44. The van der Waals surface area contributed by atoms with Gasteiger partial charge in [0, 0.05) is 35.1 Å². The van der Waals surface area contributed by atoms with E-state index >= 15 is 0 Å². The maximum atomic E-state index is 11.9. The van der Waals surface area contributed by atoms with E-state index in [-0.39, 0.29) is 98.7 Å². The number of azo groups is 3. The molecule has 6 aromatic rings. The molecule has 0 spiro atoms. The summed E-state index contributed by atoms with van der Waals surface area (Å²) < 4.78 is 115. The van der Waals surface area contributed by atoms with E-state index in [0.29, 0.717) is 5.56 Å². The van der Waals surface area contributed by atoms with Gasteiger partial charge >= 0.3 is 5.97 Å². The summed E-state index contributed by atoms with van der Waals surface area (Å²) in [6, 6.07) is 20.1. The van der Waals surface area contributed by atoms with Crippen molar-refractivity contribution >= 4 is 93.5 Å². The molecular formula is C44H40N10O16S3. The van der Waals surface area contributed by atoms with E-state index in [9.17, 15) is 64.3 Å². The SMILES string of the molecule is COc1cc(/N=N/c2ccc(S(=O)(=O)O)cc2C(=O)O)c(C)cc1/N=N/c1cc(OCCO)c(/N=N/c2c(Nc3ccc(S(=O)(=O)O)cc3)nc(Nc3ccc(S(=O)(=O)O)cc3)c(C#N)c2C)cc1OCCO. The van der Waals surface area contributed by atoms with Crippen molar-refractivity contribution in [2.75, 3.05) is 44.2 Å². The molecule has 0 saturated carbocycles. The number of aromatic carboxylic acids is 1. The van der Waals surface area contributed by atoms with Crippen molar-refractivity contribution < 1.29 is 73.2 Å². The summed E-state index contributed by atoms with van der Waals surface area (Å²) in [4.78, 5) is 15.0. The van der Waals surface area contributed by atoms with Crippen LogP contribution in [-0.4, -0.2) is 98.7 Å². The Kier molecular flexibility index (Phi) is 16.9. The first-order valence-corrected chi connectivity index (χ1v) is 24.9. The van der Waals surface area contributed by atoms with Gasteiger partial charge in [-0.05, 0) is 92.2 Å². The standard InChI is InChI=1S/C44H40N10O16S3/c1-24-18-35(38(68-3)20-34(24)50-49-33-13-12-30(73(65,66)67)19-31(33)44(57)58)51-52-36-21-40(70-17-15-56)37(22-39(36)69-16-14-55)53-54-41-25(2)32(23-45)42(46-26-4-8-28(9-5-26)71(59,60)61)48-43(41)47-27-6-10-29(11-7-27)72(62,63)64/h4-13,18-22,55-56H,14-17H2,1-3H3,(H,57,58)(H2,46,47,48)(H,59,60,61)(H,62,63,64)(H,65,66,67)/b50-49+,52-51+,54-53+. The predicted molar refractivity (Wildman–Crippen MR) is 258 cm³/mol. The van der Waals surface area contributed by atoms with Gasteiger partial charge in [-0.3, -0.25) is 13.7 Å². The van der Waals surface area contributed by atoms with Crippen LogP contribution < -0.4 is 24.8 Å². The third-order valence-electron chi connectivity index (χ3n) is 9.88. The maximum Gasteiger partial charge on any atom is 0.338 e. The zero-order chi connectivity index (χ0) is 53.3. The number of rotatable bonds is 21. The van der Waals surface area contributed by atoms with Crippen molar-refractivity contribution in [3.05, 3.63) is 113 Å². The average molecular weight is 1060 g/mol. The number of pyridine rings is 1. The van der Waals surface area contributed by atoms with E-state index in [4.69, 9.17) is 14.2 Å². The van der Waals surface area contributed by atoms with Gasteiger partial charge in [0.25, 0.3) is 30.4 Å². The molecule has 29 heteroatoms. The number of nitrogens with one attached hydrogen (secondary N) is 2. The molecule has 73 heavy (non-hydrogen) atoms. The number of benzene rings is 5. The van der Waals surface area contributed by atoms with Crippen LogP contribution in [-0.2, 0) is 30.4 Å². The van der Waals surface area contributed by atoms with Crippen LogP contribution in [0.15, 0.2) is 136 Å². The fourth-order valence-electron chi connectivity index (χ4n) is 6.33. The van der Waals surface area contributed by atoms with Gasteiger partial charge in [0.2, 0.25) is 0 Å². The topological polar surface area (TPSA) is 403 Å². The van der Waals surface area contributed by atoms with Gasteiger partial charge in [0.15, 0.2) is 11.6 Å². The number of anilines is 4. The highest BCUT2D eigenvalue weighted by Gasteiger charge is 2.22. The summed E-state index contributed by atoms with van der Waals surface area (Å²) in [5.41, 5.74) is 0.553. The van der Waals surface area contributed by atoms with Crippen LogP contribution in [0.1, 0.15) is 27.0 Å². The van der Waals surface area contributed by atoms with Gasteiger partial charge in [-0.25, -0.2) is 9.78 Å². The van der Waals surface area contributed by atoms with Crippen LogP contribution >= 0.6 is 0 Å². The van der Waals surface area contributed by atoms with Crippen molar-refractivity contribution in [3.63, 3.8) is 0 Å². The fraction of sp³-hybridized carbons (Fsp3) is 0.159. The van der Waals surface area contributed by atoms with Crippen LogP contribution in [0.2, 0.25) is 0 Å². The molecule has 1 aromatic heterocycles. The average Bonchev–Trinajstić information content (AvgIpc) is 3.33. The van der Waals surface area contributed by atoms with Crippen LogP contribution in [0.4, 0.5) is 57.1 Å². The minimum absolute atomic E-state index is 0.0112. The molecule has 5 aromatic carbocycles. The number of ether oxygens (including phenoxy) is 3. The summed E-state index contributed by atoms with van der Waals surface area (Å²) >= 11 is 0. The molecule has 0 fully saturated rings. The van der Waals surface area contributed by atoms with E-state index in [1.807, 2.05) is 0 Å². The molecular weight excluding hydrogens is 1020 g/mol. The number of hydrogen-bond acceptors (Lipinski definition) is 22. The highest BCUT2D eigenvalue weighted by atomic mass is 32.2. The van der Waals surface area contributed by atoms with E-state index in [0.717, 1.165) is 42.5 Å². The van der Waals surface area contributed by atoms with Crippen molar-refractivity contribution in [3.8, 4) is 23.3 Å². The van der Waals surface area contributed by atoms with E-state index in [1.54, 1.807) is 6.92 Å². The van der Waals surface area contributed by atoms with Crippen LogP contribution in [0, 0.1) is 25.2 Å². The minimum Gasteiger partial charge on any atom is -0.494 e. The number of aromatic nitrogens is 1. The number of hydrogen-bond donors (Lipinski definition) is 8. The molecule has 26 nitrogen and oxygen atoms in total. The Hall–Kier alpha value is -8.34. The molecule has 380 valence electrons. The number of carboxylic acids is 1. The van der Waals surface area contributed by atoms with Gasteiger partial charge in [-0.15, -0.1) is 25.6 Å². The Morgan fingerprint density at radius 2 is 1.04 bits per heavy atom. The number of methoxy groups -OCH3 is 1. The molecule has 0 bridgehead atoms.